The van der Waals surface area contributed by atoms with E-state index in [0.717, 1.165) is 31.3 Å². The van der Waals surface area contributed by atoms with Crippen LogP contribution in [-0.4, -0.2) is 42.4 Å². The summed E-state index contributed by atoms with van der Waals surface area (Å²) in [6.45, 7) is 9.76. The normalized spacial score (nSPS) is 18.1. The zero-order valence-corrected chi connectivity index (χ0v) is 14.1. The second-order valence-electron chi connectivity index (χ2n) is 6.19. The van der Waals surface area contributed by atoms with Gasteiger partial charge < -0.3 is 27.2 Å². The Kier molecular flexibility index (Phi) is 7.50. The standard InChI is InChI=1S/C17H27NO2.ClH/c1-13-6-8-18(9-7-13)11-16(19)12-20-17-5-4-14(2)15(3)10-17;/h4-5,10,13,16,19H,6-9,11-12H2,1-3H3;1H/p-1. The van der Waals surface area contributed by atoms with Gasteiger partial charge in [-0.1, -0.05) is 13.0 Å². The van der Waals surface area contributed by atoms with Crippen molar-refractivity contribution in [3.05, 3.63) is 29.3 Å². The van der Waals surface area contributed by atoms with Gasteiger partial charge in [0.05, 0.1) is 0 Å². The number of nitrogens with zero attached hydrogens (tertiary/aromatic N) is 1. The zero-order valence-electron chi connectivity index (χ0n) is 13.3. The van der Waals surface area contributed by atoms with Crippen LogP contribution in [0.1, 0.15) is 30.9 Å². The first-order chi connectivity index (χ1) is 9.54. The van der Waals surface area contributed by atoms with Gasteiger partial charge in [0.2, 0.25) is 0 Å². The van der Waals surface area contributed by atoms with Crippen molar-refractivity contribution in [3.63, 3.8) is 0 Å². The number of rotatable bonds is 5. The molecule has 1 unspecified atom stereocenters. The smallest absolute Gasteiger partial charge is 0.119 e. The summed E-state index contributed by atoms with van der Waals surface area (Å²) in [5.74, 6) is 1.68. The van der Waals surface area contributed by atoms with Crippen molar-refractivity contribution in [1.29, 1.82) is 0 Å². The fourth-order valence-electron chi connectivity index (χ4n) is 2.59. The lowest BCUT2D eigenvalue weighted by molar-refractivity contribution is -0.00000658. The number of aliphatic hydroxyl groups excluding tert-OH is 1. The maximum Gasteiger partial charge on any atom is 0.119 e. The highest BCUT2D eigenvalue weighted by Gasteiger charge is 2.18. The average molecular weight is 313 g/mol. The van der Waals surface area contributed by atoms with Gasteiger partial charge in [-0.05, 0) is 69.0 Å². The topological polar surface area (TPSA) is 32.7 Å². The molecule has 1 aromatic rings. The molecule has 1 aliphatic rings. The van der Waals surface area contributed by atoms with Gasteiger partial charge in [-0.2, -0.15) is 0 Å². The summed E-state index contributed by atoms with van der Waals surface area (Å²) in [5, 5.41) is 10.1. The molecule has 21 heavy (non-hydrogen) atoms. The van der Waals surface area contributed by atoms with Crippen LogP contribution in [-0.2, 0) is 0 Å². The van der Waals surface area contributed by atoms with Gasteiger partial charge in [0.1, 0.15) is 18.5 Å². The molecule has 1 heterocycles. The number of β-amino-alcohol motifs (C(OH)–C–C–N with tert-alkyl or cyclic N) is 1. The van der Waals surface area contributed by atoms with E-state index in [-0.39, 0.29) is 12.4 Å². The molecule has 0 spiro atoms. The number of likely N-dealkylation sites (tertiary alicyclic amines) is 1. The minimum atomic E-state index is -0.412. The highest BCUT2D eigenvalue weighted by atomic mass is 35.5. The van der Waals surface area contributed by atoms with Crippen molar-refractivity contribution in [2.75, 3.05) is 26.2 Å². The fraction of sp³-hybridized carbons (Fsp3) is 0.647. The van der Waals surface area contributed by atoms with Gasteiger partial charge >= 0.3 is 0 Å². The Labute approximate surface area is 134 Å². The number of hydrogen-bond acceptors (Lipinski definition) is 3. The van der Waals surface area contributed by atoms with Crippen LogP contribution >= 0.6 is 0 Å². The number of piperidine rings is 1. The first-order valence-corrected chi connectivity index (χ1v) is 7.65. The van der Waals surface area contributed by atoms with Gasteiger partial charge in [0, 0.05) is 6.54 Å². The molecule has 2 rings (SSSR count). The van der Waals surface area contributed by atoms with Crippen LogP contribution in [0.5, 0.6) is 5.75 Å². The third-order valence-corrected chi connectivity index (χ3v) is 4.27. The second kappa shape index (κ2) is 8.62. The number of benzene rings is 1. The molecule has 1 N–H and O–H groups in total. The first kappa shape index (κ1) is 18.3. The summed E-state index contributed by atoms with van der Waals surface area (Å²) in [7, 11) is 0. The summed E-state index contributed by atoms with van der Waals surface area (Å²) in [6.07, 6.45) is 2.07. The molecule has 1 saturated heterocycles. The summed E-state index contributed by atoms with van der Waals surface area (Å²) in [4.78, 5) is 2.34. The Morgan fingerprint density at radius 2 is 1.90 bits per heavy atom. The predicted octanol–water partition coefficient (Wildman–Crippen LogP) is -0.221. The monoisotopic (exact) mass is 312 g/mol. The van der Waals surface area contributed by atoms with Crippen molar-refractivity contribution in [1.82, 2.24) is 4.90 Å². The van der Waals surface area contributed by atoms with Crippen molar-refractivity contribution in [2.45, 2.75) is 39.7 Å². The largest absolute Gasteiger partial charge is 1.00 e. The lowest BCUT2D eigenvalue weighted by Crippen LogP contribution is -3.00. The number of aryl methyl sites for hydroxylation is 2. The molecule has 0 aromatic heterocycles. The van der Waals surface area contributed by atoms with Crippen LogP contribution in [0.3, 0.4) is 0 Å². The van der Waals surface area contributed by atoms with Crippen molar-refractivity contribution in [2.24, 2.45) is 5.92 Å². The molecule has 4 heteroatoms. The quantitative estimate of drug-likeness (QED) is 0.816. The van der Waals surface area contributed by atoms with E-state index in [1.54, 1.807) is 0 Å². The Bertz CT molecular complexity index is 431. The maximum atomic E-state index is 10.1. The molecule has 0 amide bonds. The Morgan fingerprint density at radius 1 is 1.24 bits per heavy atom. The van der Waals surface area contributed by atoms with Crippen molar-refractivity contribution >= 4 is 0 Å². The lowest BCUT2D eigenvalue weighted by Gasteiger charge is -2.31. The molecule has 1 aliphatic heterocycles. The summed E-state index contributed by atoms with van der Waals surface area (Å²) in [5.41, 5.74) is 2.49. The van der Waals surface area contributed by atoms with E-state index < -0.39 is 6.10 Å². The van der Waals surface area contributed by atoms with E-state index in [1.807, 2.05) is 12.1 Å². The number of aliphatic hydroxyl groups is 1. The Balaban J connectivity index is 0.00000220. The zero-order chi connectivity index (χ0) is 14.5. The van der Waals surface area contributed by atoms with E-state index in [0.29, 0.717) is 6.61 Å². The fourth-order valence-corrected chi connectivity index (χ4v) is 2.59. The van der Waals surface area contributed by atoms with Crippen LogP contribution < -0.4 is 17.1 Å². The van der Waals surface area contributed by atoms with E-state index in [2.05, 4.69) is 31.7 Å². The Hall–Kier alpha value is -0.770. The highest BCUT2D eigenvalue weighted by Crippen LogP contribution is 2.18. The SMILES string of the molecule is Cc1ccc(OCC(O)CN2CCC(C)CC2)cc1C.[Cl-]. The predicted molar refractivity (Wildman–Crippen MR) is 82.3 cm³/mol. The minimum Gasteiger partial charge on any atom is -1.00 e. The summed E-state index contributed by atoms with van der Waals surface area (Å²) in [6, 6.07) is 6.06. The third-order valence-electron chi connectivity index (χ3n) is 4.27. The molecule has 1 fully saturated rings. The van der Waals surface area contributed by atoms with Crippen LogP contribution in [0.4, 0.5) is 0 Å². The van der Waals surface area contributed by atoms with Crippen molar-refractivity contribution in [3.8, 4) is 5.75 Å². The maximum absolute atomic E-state index is 10.1. The molecule has 0 aliphatic carbocycles. The minimum absolute atomic E-state index is 0. The molecule has 0 radical (unpaired) electrons. The van der Waals surface area contributed by atoms with Gasteiger partial charge in [0.15, 0.2) is 0 Å². The average Bonchev–Trinajstić information content (AvgIpc) is 2.43. The van der Waals surface area contributed by atoms with Crippen LogP contribution in [0.25, 0.3) is 0 Å². The third kappa shape index (κ3) is 5.85. The number of ether oxygens (including phenoxy) is 1. The van der Waals surface area contributed by atoms with Crippen molar-refractivity contribution < 1.29 is 22.3 Å². The molecular weight excluding hydrogens is 286 g/mol. The molecule has 0 bridgehead atoms. The molecule has 1 aromatic carbocycles. The summed E-state index contributed by atoms with van der Waals surface area (Å²) >= 11 is 0. The summed E-state index contributed by atoms with van der Waals surface area (Å²) < 4.78 is 5.69. The highest BCUT2D eigenvalue weighted by molar-refractivity contribution is 5.33. The molecule has 120 valence electrons. The van der Waals surface area contributed by atoms with Gasteiger partial charge in [-0.3, -0.25) is 0 Å². The van der Waals surface area contributed by atoms with Crippen LogP contribution in [0, 0.1) is 19.8 Å². The van der Waals surface area contributed by atoms with Gasteiger partial charge in [0.25, 0.3) is 0 Å². The molecular formula is C17H27ClNO2-. The van der Waals surface area contributed by atoms with Gasteiger partial charge in [-0.15, -0.1) is 0 Å². The molecule has 3 nitrogen and oxygen atoms in total. The first-order valence-electron chi connectivity index (χ1n) is 7.65. The van der Waals surface area contributed by atoms with Crippen LogP contribution in [0.15, 0.2) is 18.2 Å². The lowest BCUT2D eigenvalue weighted by atomic mass is 9.99. The van der Waals surface area contributed by atoms with E-state index in [1.165, 1.54) is 24.0 Å². The number of halogens is 1. The van der Waals surface area contributed by atoms with Crippen LogP contribution in [0.2, 0.25) is 0 Å². The second-order valence-corrected chi connectivity index (χ2v) is 6.19. The van der Waals surface area contributed by atoms with Gasteiger partial charge in [-0.25, -0.2) is 0 Å². The van der Waals surface area contributed by atoms with E-state index >= 15 is 0 Å². The van der Waals surface area contributed by atoms with E-state index in [9.17, 15) is 5.11 Å². The molecule has 1 atom stereocenters. The molecule has 0 saturated carbocycles. The number of hydrogen-bond donors (Lipinski definition) is 1. The Morgan fingerprint density at radius 3 is 2.52 bits per heavy atom. The van der Waals surface area contributed by atoms with E-state index in [4.69, 9.17) is 4.74 Å².